The van der Waals surface area contributed by atoms with Crippen molar-refractivity contribution in [1.29, 1.82) is 0 Å². The Bertz CT molecular complexity index is 670. The number of pyridine rings is 1. The first kappa shape index (κ1) is 16.1. The molecule has 0 radical (unpaired) electrons. The molecule has 1 aromatic heterocycles. The Morgan fingerprint density at radius 1 is 1.12 bits per heavy atom. The van der Waals surface area contributed by atoms with Gasteiger partial charge < -0.3 is 19.9 Å². The highest BCUT2D eigenvalue weighted by Crippen LogP contribution is 2.17. The molecule has 0 aliphatic carbocycles. The molecule has 0 spiro atoms. The van der Waals surface area contributed by atoms with Crippen LogP contribution in [0.4, 0.5) is 10.6 Å². The molecule has 1 fully saturated rings. The largest absolute Gasteiger partial charge is 0.496 e. The molecule has 1 aliphatic rings. The monoisotopic (exact) mass is 326 g/mol. The van der Waals surface area contributed by atoms with Crippen LogP contribution >= 0.6 is 0 Å². The van der Waals surface area contributed by atoms with Gasteiger partial charge in [-0.05, 0) is 18.2 Å². The van der Waals surface area contributed by atoms with E-state index in [1.54, 1.807) is 13.3 Å². The molecule has 126 valence electrons. The summed E-state index contributed by atoms with van der Waals surface area (Å²) >= 11 is 0. The molecule has 0 atom stereocenters. The van der Waals surface area contributed by atoms with Gasteiger partial charge in [-0.15, -0.1) is 0 Å². The van der Waals surface area contributed by atoms with Gasteiger partial charge in [0.1, 0.15) is 11.6 Å². The number of benzene rings is 1. The van der Waals surface area contributed by atoms with Crippen LogP contribution < -0.4 is 15.0 Å². The van der Waals surface area contributed by atoms with Crippen molar-refractivity contribution >= 4 is 11.8 Å². The minimum Gasteiger partial charge on any atom is -0.496 e. The van der Waals surface area contributed by atoms with E-state index < -0.39 is 0 Å². The van der Waals surface area contributed by atoms with Gasteiger partial charge in [0.15, 0.2) is 0 Å². The minimum absolute atomic E-state index is 0.0402. The van der Waals surface area contributed by atoms with Crippen molar-refractivity contribution in [1.82, 2.24) is 15.2 Å². The number of amides is 2. The second kappa shape index (κ2) is 7.68. The fraction of sp³-hybridized carbons (Fsp3) is 0.333. The number of carbonyl (C=O) groups excluding carboxylic acids is 1. The molecule has 1 N–H and O–H groups in total. The van der Waals surface area contributed by atoms with Gasteiger partial charge in [-0.25, -0.2) is 9.78 Å². The summed E-state index contributed by atoms with van der Waals surface area (Å²) in [6, 6.07) is 13.6. The molecule has 0 bridgehead atoms. The predicted octanol–water partition coefficient (Wildman–Crippen LogP) is 2.12. The standard InChI is InChI=1S/C18H22N4O2/c1-24-16-7-3-2-6-15(16)14-20-18(23)22-12-10-21(11-13-22)17-8-4-5-9-19-17/h2-9H,10-14H2,1H3,(H,20,23). The van der Waals surface area contributed by atoms with Crippen molar-refractivity contribution < 1.29 is 9.53 Å². The van der Waals surface area contributed by atoms with Crippen molar-refractivity contribution in [3.8, 4) is 5.75 Å². The van der Waals surface area contributed by atoms with Crippen LogP contribution in [-0.2, 0) is 6.54 Å². The van der Waals surface area contributed by atoms with Gasteiger partial charge in [-0.1, -0.05) is 24.3 Å². The first-order valence-corrected chi connectivity index (χ1v) is 8.08. The highest BCUT2D eigenvalue weighted by molar-refractivity contribution is 5.74. The quantitative estimate of drug-likeness (QED) is 0.935. The number of nitrogens with zero attached hydrogens (tertiary/aromatic N) is 3. The van der Waals surface area contributed by atoms with Crippen LogP contribution in [0.1, 0.15) is 5.56 Å². The fourth-order valence-electron chi connectivity index (χ4n) is 2.81. The summed E-state index contributed by atoms with van der Waals surface area (Å²) in [7, 11) is 1.64. The van der Waals surface area contributed by atoms with Crippen LogP contribution in [0, 0.1) is 0 Å². The lowest BCUT2D eigenvalue weighted by molar-refractivity contribution is 0.193. The van der Waals surface area contributed by atoms with E-state index in [1.165, 1.54) is 0 Å². The number of carbonyl (C=O) groups is 1. The molecule has 24 heavy (non-hydrogen) atoms. The molecule has 2 heterocycles. The lowest BCUT2D eigenvalue weighted by Gasteiger charge is -2.35. The molecule has 6 nitrogen and oxygen atoms in total. The maximum atomic E-state index is 12.4. The summed E-state index contributed by atoms with van der Waals surface area (Å²) in [5.41, 5.74) is 0.973. The Morgan fingerprint density at radius 2 is 1.88 bits per heavy atom. The summed E-state index contributed by atoms with van der Waals surface area (Å²) in [4.78, 5) is 20.8. The third kappa shape index (κ3) is 3.76. The molecule has 3 rings (SSSR count). The molecule has 1 aliphatic heterocycles. The number of nitrogens with one attached hydrogen (secondary N) is 1. The van der Waals surface area contributed by atoms with Gasteiger partial charge in [-0.2, -0.15) is 0 Å². The number of piperazine rings is 1. The van der Waals surface area contributed by atoms with Crippen LogP contribution in [0.2, 0.25) is 0 Å². The van der Waals surface area contributed by atoms with E-state index in [2.05, 4.69) is 15.2 Å². The summed E-state index contributed by atoms with van der Waals surface area (Å²) in [5, 5.41) is 2.97. The number of hydrogen-bond acceptors (Lipinski definition) is 4. The first-order valence-electron chi connectivity index (χ1n) is 8.08. The molecular formula is C18H22N4O2. The van der Waals surface area contributed by atoms with Gasteiger partial charge in [0.2, 0.25) is 0 Å². The maximum absolute atomic E-state index is 12.4. The summed E-state index contributed by atoms with van der Waals surface area (Å²) in [5.74, 6) is 1.75. The van der Waals surface area contributed by atoms with Gasteiger partial charge in [0.25, 0.3) is 0 Å². The molecule has 1 aromatic carbocycles. The molecule has 6 heteroatoms. The second-order valence-corrected chi connectivity index (χ2v) is 5.63. The number of para-hydroxylation sites is 1. The van der Waals surface area contributed by atoms with Crippen LogP contribution in [-0.4, -0.2) is 49.2 Å². The Hall–Kier alpha value is -2.76. The smallest absolute Gasteiger partial charge is 0.317 e. The average molecular weight is 326 g/mol. The van der Waals surface area contributed by atoms with Gasteiger partial charge in [0, 0.05) is 44.5 Å². The highest BCUT2D eigenvalue weighted by Gasteiger charge is 2.21. The Morgan fingerprint density at radius 3 is 2.58 bits per heavy atom. The molecule has 0 unspecified atom stereocenters. The predicted molar refractivity (Wildman–Crippen MR) is 93.3 cm³/mol. The van der Waals surface area contributed by atoms with E-state index in [4.69, 9.17) is 4.74 Å². The third-order valence-corrected chi connectivity index (χ3v) is 4.16. The van der Waals surface area contributed by atoms with E-state index in [9.17, 15) is 4.79 Å². The Kier molecular flexibility index (Phi) is 5.15. The Balaban J connectivity index is 1.50. The fourth-order valence-corrected chi connectivity index (χ4v) is 2.81. The van der Waals surface area contributed by atoms with E-state index in [0.717, 1.165) is 30.2 Å². The van der Waals surface area contributed by atoms with Gasteiger partial charge >= 0.3 is 6.03 Å². The third-order valence-electron chi connectivity index (χ3n) is 4.16. The zero-order chi connectivity index (χ0) is 16.8. The van der Waals surface area contributed by atoms with E-state index in [-0.39, 0.29) is 6.03 Å². The van der Waals surface area contributed by atoms with Crippen LogP contribution in [0.3, 0.4) is 0 Å². The molecule has 2 aromatic rings. The molecule has 0 saturated carbocycles. The number of hydrogen-bond donors (Lipinski definition) is 1. The van der Waals surface area contributed by atoms with Crippen molar-refractivity contribution in [3.63, 3.8) is 0 Å². The average Bonchev–Trinajstić information content (AvgIpc) is 2.67. The highest BCUT2D eigenvalue weighted by atomic mass is 16.5. The maximum Gasteiger partial charge on any atom is 0.317 e. The normalized spacial score (nSPS) is 14.4. The number of anilines is 1. The summed E-state index contributed by atoms with van der Waals surface area (Å²) in [6.45, 7) is 3.42. The molecule has 2 amide bonds. The first-order chi connectivity index (χ1) is 11.8. The van der Waals surface area contributed by atoms with Crippen molar-refractivity contribution in [3.05, 3.63) is 54.2 Å². The van der Waals surface area contributed by atoms with E-state index in [0.29, 0.717) is 19.6 Å². The van der Waals surface area contributed by atoms with Gasteiger partial charge in [-0.3, -0.25) is 0 Å². The van der Waals surface area contributed by atoms with Gasteiger partial charge in [0.05, 0.1) is 7.11 Å². The van der Waals surface area contributed by atoms with Crippen molar-refractivity contribution in [2.75, 3.05) is 38.2 Å². The number of ether oxygens (including phenoxy) is 1. The number of methoxy groups -OCH3 is 1. The molecular weight excluding hydrogens is 304 g/mol. The summed E-state index contributed by atoms with van der Waals surface area (Å²) in [6.07, 6.45) is 1.79. The summed E-state index contributed by atoms with van der Waals surface area (Å²) < 4.78 is 5.31. The minimum atomic E-state index is -0.0402. The van der Waals surface area contributed by atoms with Crippen molar-refractivity contribution in [2.24, 2.45) is 0 Å². The Labute approximate surface area is 142 Å². The SMILES string of the molecule is COc1ccccc1CNC(=O)N1CCN(c2ccccn2)CC1. The van der Waals surface area contributed by atoms with Crippen molar-refractivity contribution in [2.45, 2.75) is 6.54 Å². The van der Waals surface area contributed by atoms with E-state index >= 15 is 0 Å². The topological polar surface area (TPSA) is 57.7 Å². The van der Waals surface area contributed by atoms with Crippen LogP contribution in [0.25, 0.3) is 0 Å². The van der Waals surface area contributed by atoms with Crippen LogP contribution in [0.15, 0.2) is 48.7 Å². The number of aromatic nitrogens is 1. The second-order valence-electron chi connectivity index (χ2n) is 5.63. The number of rotatable bonds is 4. The lowest BCUT2D eigenvalue weighted by atomic mass is 10.2. The number of urea groups is 1. The molecule has 1 saturated heterocycles. The lowest BCUT2D eigenvalue weighted by Crippen LogP contribution is -2.51. The van der Waals surface area contributed by atoms with Crippen LogP contribution in [0.5, 0.6) is 5.75 Å². The zero-order valence-corrected chi connectivity index (χ0v) is 13.8. The zero-order valence-electron chi connectivity index (χ0n) is 13.8. The van der Waals surface area contributed by atoms with E-state index in [1.807, 2.05) is 47.4 Å².